The zero-order valence-corrected chi connectivity index (χ0v) is 12.5. The van der Waals surface area contributed by atoms with Gasteiger partial charge in [0.1, 0.15) is 5.82 Å². The van der Waals surface area contributed by atoms with E-state index >= 15 is 0 Å². The maximum atomic E-state index is 13.1. The molecule has 3 rings (SSSR count). The lowest BCUT2D eigenvalue weighted by atomic mass is 10.2. The molecule has 3 aromatic rings. The Balaban J connectivity index is 1.62. The van der Waals surface area contributed by atoms with Gasteiger partial charge in [-0.1, -0.05) is 0 Å². The van der Waals surface area contributed by atoms with Crippen molar-refractivity contribution in [2.75, 3.05) is 6.54 Å². The van der Waals surface area contributed by atoms with Crippen molar-refractivity contribution >= 4 is 22.2 Å². The van der Waals surface area contributed by atoms with Gasteiger partial charge in [0.2, 0.25) is 4.96 Å². The number of amides is 1. The Bertz CT molecular complexity index is 843. The first-order valence-corrected chi connectivity index (χ1v) is 7.45. The summed E-state index contributed by atoms with van der Waals surface area (Å²) in [5, 5.41) is 8.86. The number of aryl methyl sites for hydroxylation is 1. The van der Waals surface area contributed by atoms with Gasteiger partial charge in [-0.25, -0.2) is 18.3 Å². The largest absolute Gasteiger partial charge is 0.352 e. The molecule has 114 valence electrons. The summed E-state index contributed by atoms with van der Waals surface area (Å²) >= 11 is 1.48. The van der Waals surface area contributed by atoms with E-state index in [9.17, 15) is 13.6 Å². The number of thiazole rings is 1. The zero-order chi connectivity index (χ0) is 15.7. The van der Waals surface area contributed by atoms with Crippen LogP contribution in [0.3, 0.4) is 0 Å². The van der Waals surface area contributed by atoms with Crippen LogP contribution < -0.4 is 5.32 Å². The quantitative estimate of drug-likeness (QED) is 0.802. The maximum absolute atomic E-state index is 13.1. The molecule has 0 saturated heterocycles. The highest BCUT2D eigenvalue weighted by atomic mass is 32.1. The van der Waals surface area contributed by atoms with Gasteiger partial charge in [-0.3, -0.25) is 4.79 Å². The summed E-state index contributed by atoms with van der Waals surface area (Å²) in [5.74, 6) is -1.76. The topological polar surface area (TPSA) is 59.3 Å². The van der Waals surface area contributed by atoms with Gasteiger partial charge in [0.25, 0.3) is 5.91 Å². The van der Waals surface area contributed by atoms with Crippen molar-refractivity contribution in [1.29, 1.82) is 0 Å². The van der Waals surface area contributed by atoms with E-state index in [1.807, 2.05) is 12.3 Å². The first kappa shape index (κ1) is 14.6. The molecule has 1 amide bonds. The van der Waals surface area contributed by atoms with Crippen LogP contribution in [0.15, 0.2) is 23.6 Å². The molecule has 5 nitrogen and oxygen atoms in total. The monoisotopic (exact) mass is 322 g/mol. The molecule has 0 fully saturated rings. The van der Waals surface area contributed by atoms with Gasteiger partial charge in [0.05, 0.1) is 5.69 Å². The van der Waals surface area contributed by atoms with Gasteiger partial charge < -0.3 is 5.32 Å². The molecule has 0 spiro atoms. The zero-order valence-electron chi connectivity index (χ0n) is 11.6. The Morgan fingerprint density at radius 2 is 2.18 bits per heavy atom. The summed E-state index contributed by atoms with van der Waals surface area (Å²) < 4.78 is 27.7. The van der Waals surface area contributed by atoms with Gasteiger partial charge in [0.15, 0.2) is 11.6 Å². The van der Waals surface area contributed by atoms with Crippen LogP contribution in [0, 0.1) is 18.6 Å². The van der Waals surface area contributed by atoms with E-state index in [0.717, 1.165) is 22.8 Å². The second kappa shape index (κ2) is 5.80. The number of nitrogens with one attached hydrogen (secondary N) is 1. The minimum absolute atomic E-state index is 0.0889. The van der Waals surface area contributed by atoms with Crippen LogP contribution in [-0.4, -0.2) is 27.0 Å². The van der Waals surface area contributed by atoms with E-state index in [1.165, 1.54) is 17.4 Å². The van der Waals surface area contributed by atoms with Crippen molar-refractivity contribution in [3.63, 3.8) is 0 Å². The molecule has 0 aliphatic heterocycles. The summed E-state index contributed by atoms with van der Waals surface area (Å²) in [6.07, 6.45) is 0.568. The van der Waals surface area contributed by atoms with Crippen molar-refractivity contribution in [1.82, 2.24) is 19.9 Å². The summed E-state index contributed by atoms with van der Waals surface area (Å²) in [5.41, 5.74) is 1.03. The van der Waals surface area contributed by atoms with E-state index in [4.69, 9.17) is 0 Å². The molecule has 0 aliphatic rings. The fraction of sp³-hybridized carbons (Fsp3) is 0.214. The Morgan fingerprint density at radius 3 is 2.95 bits per heavy atom. The summed E-state index contributed by atoms with van der Waals surface area (Å²) in [6.45, 7) is 2.18. The summed E-state index contributed by atoms with van der Waals surface area (Å²) in [7, 11) is 0. The number of benzene rings is 1. The maximum Gasteiger partial charge on any atom is 0.251 e. The van der Waals surface area contributed by atoms with Crippen molar-refractivity contribution in [3.8, 4) is 0 Å². The highest BCUT2D eigenvalue weighted by Crippen LogP contribution is 2.14. The third kappa shape index (κ3) is 2.82. The van der Waals surface area contributed by atoms with Crippen LogP contribution in [0.4, 0.5) is 8.78 Å². The van der Waals surface area contributed by atoms with E-state index in [-0.39, 0.29) is 5.56 Å². The molecule has 0 aliphatic carbocycles. The lowest BCUT2D eigenvalue weighted by Gasteiger charge is -2.05. The average molecular weight is 322 g/mol. The molecule has 0 saturated carbocycles. The second-order valence-corrected chi connectivity index (χ2v) is 5.55. The smallest absolute Gasteiger partial charge is 0.251 e. The molecular weight excluding hydrogens is 310 g/mol. The van der Waals surface area contributed by atoms with Gasteiger partial charge in [-0.15, -0.1) is 11.3 Å². The molecule has 0 radical (unpaired) electrons. The highest BCUT2D eigenvalue weighted by molar-refractivity contribution is 7.15. The van der Waals surface area contributed by atoms with E-state index < -0.39 is 17.5 Å². The number of aromatic nitrogens is 3. The van der Waals surface area contributed by atoms with E-state index in [1.54, 1.807) is 4.52 Å². The first-order chi connectivity index (χ1) is 10.5. The number of carbonyl (C=O) groups excluding carboxylic acids is 1. The Kier molecular flexibility index (Phi) is 3.84. The van der Waals surface area contributed by atoms with Gasteiger partial charge in [0, 0.05) is 23.9 Å². The number of rotatable bonds is 4. The van der Waals surface area contributed by atoms with Crippen LogP contribution in [-0.2, 0) is 6.42 Å². The molecule has 8 heteroatoms. The fourth-order valence-corrected chi connectivity index (χ4v) is 2.94. The number of nitrogens with zero attached hydrogens (tertiary/aromatic N) is 3. The minimum Gasteiger partial charge on any atom is -0.352 e. The van der Waals surface area contributed by atoms with Crippen LogP contribution in [0.2, 0.25) is 0 Å². The van der Waals surface area contributed by atoms with E-state index in [0.29, 0.717) is 18.8 Å². The van der Waals surface area contributed by atoms with Gasteiger partial charge >= 0.3 is 0 Å². The van der Waals surface area contributed by atoms with Crippen LogP contribution in [0.1, 0.15) is 21.9 Å². The normalized spacial score (nSPS) is 11.0. The third-order valence-corrected chi connectivity index (χ3v) is 3.97. The van der Waals surface area contributed by atoms with Crippen molar-refractivity contribution in [2.24, 2.45) is 0 Å². The summed E-state index contributed by atoms with van der Waals surface area (Å²) in [6, 6.07) is 3.07. The molecule has 0 unspecified atom stereocenters. The molecule has 2 aromatic heterocycles. The van der Waals surface area contributed by atoms with Crippen molar-refractivity contribution in [2.45, 2.75) is 13.3 Å². The summed E-state index contributed by atoms with van der Waals surface area (Å²) in [4.78, 5) is 16.9. The predicted octanol–water partition coefficient (Wildman–Crippen LogP) is 2.35. The third-order valence-electron chi connectivity index (χ3n) is 3.10. The van der Waals surface area contributed by atoms with Gasteiger partial charge in [-0.2, -0.15) is 5.10 Å². The molecule has 0 atom stereocenters. The molecule has 2 heterocycles. The number of hydrogen-bond acceptors (Lipinski definition) is 4. The predicted molar refractivity (Wildman–Crippen MR) is 78.0 cm³/mol. The number of fused-ring (bicyclic) bond motifs is 1. The fourth-order valence-electron chi connectivity index (χ4n) is 2.04. The lowest BCUT2D eigenvalue weighted by molar-refractivity contribution is 0.0953. The number of hydrogen-bond donors (Lipinski definition) is 1. The number of halogens is 2. The second-order valence-electron chi connectivity index (χ2n) is 4.72. The SMILES string of the molecule is Cc1nc2scc(CCNC(=O)c3ccc(F)c(F)c3)n2n1. The highest BCUT2D eigenvalue weighted by Gasteiger charge is 2.11. The minimum atomic E-state index is -1.04. The number of carbonyl (C=O) groups is 1. The van der Waals surface area contributed by atoms with Crippen LogP contribution in [0.25, 0.3) is 4.96 Å². The molecule has 1 aromatic carbocycles. The Labute approximate surface area is 128 Å². The van der Waals surface area contributed by atoms with Gasteiger partial charge in [-0.05, 0) is 25.1 Å². The molecule has 22 heavy (non-hydrogen) atoms. The molecular formula is C14H12F2N4OS. The standard InChI is InChI=1S/C14H12F2N4OS/c1-8-18-14-20(19-8)10(7-22-14)4-5-17-13(21)9-2-3-11(15)12(16)6-9/h2-3,6-7H,4-5H2,1H3,(H,17,21). The molecule has 1 N–H and O–H groups in total. The average Bonchev–Trinajstić information content (AvgIpc) is 3.02. The Morgan fingerprint density at radius 1 is 1.36 bits per heavy atom. The van der Waals surface area contributed by atoms with Crippen molar-refractivity contribution in [3.05, 3.63) is 52.3 Å². The lowest BCUT2D eigenvalue weighted by Crippen LogP contribution is -2.26. The van der Waals surface area contributed by atoms with Crippen LogP contribution >= 0.6 is 11.3 Å². The Hall–Kier alpha value is -2.35. The first-order valence-electron chi connectivity index (χ1n) is 6.57. The molecule has 0 bridgehead atoms. The van der Waals surface area contributed by atoms with E-state index in [2.05, 4.69) is 15.4 Å². The van der Waals surface area contributed by atoms with Crippen molar-refractivity contribution < 1.29 is 13.6 Å². The van der Waals surface area contributed by atoms with Crippen LogP contribution in [0.5, 0.6) is 0 Å².